The molecule has 82 valence electrons. The van der Waals surface area contributed by atoms with E-state index >= 15 is 0 Å². The normalized spacial score (nSPS) is 35.6. The fourth-order valence-corrected chi connectivity index (χ4v) is 2.96. The SMILES string of the molecule is CN1CCCC1CN1CCC(CCl)C1. The van der Waals surface area contributed by atoms with E-state index in [-0.39, 0.29) is 0 Å². The van der Waals surface area contributed by atoms with Crippen LogP contribution in [0.5, 0.6) is 0 Å². The summed E-state index contributed by atoms with van der Waals surface area (Å²) in [4.78, 5) is 5.10. The Labute approximate surface area is 92.2 Å². The molecule has 2 aliphatic heterocycles. The van der Waals surface area contributed by atoms with Crippen LogP contribution >= 0.6 is 11.6 Å². The molecule has 14 heavy (non-hydrogen) atoms. The Kier molecular flexibility index (Phi) is 3.69. The summed E-state index contributed by atoms with van der Waals surface area (Å²) in [7, 11) is 2.26. The van der Waals surface area contributed by atoms with Crippen LogP contribution in [-0.2, 0) is 0 Å². The molecule has 2 unspecified atom stereocenters. The number of likely N-dealkylation sites (N-methyl/N-ethyl adjacent to an activating group) is 1. The van der Waals surface area contributed by atoms with Gasteiger partial charge in [-0.15, -0.1) is 11.6 Å². The molecular weight excluding hydrogens is 196 g/mol. The zero-order valence-electron chi connectivity index (χ0n) is 9.08. The standard InChI is InChI=1S/C11H21ClN2/c1-13-5-2-3-11(13)9-14-6-4-10(7-12)8-14/h10-11H,2-9H2,1H3. The minimum atomic E-state index is 0.753. The smallest absolute Gasteiger partial charge is 0.0264 e. The van der Waals surface area contributed by atoms with Crippen molar-refractivity contribution in [3.05, 3.63) is 0 Å². The summed E-state index contributed by atoms with van der Waals surface area (Å²) in [6.45, 7) is 5.05. The van der Waals surface area contributed by atoms with Crippen LogP contribution in [0, 0.1) is 5.92 Å². The van der Waals surface area contributed by atoms with Crippen molar-refractivity contribution in [3.8, 4) is 0 Å². The Morgan fingerprint density at radius 1 is 1.29 bits per heavy atom. The van der Waals surface area contributed by atoms with Gasteiger partial charge in [0.25, 0.3) is 0 Å². The largest absolute Gasteiger partial charge is 0.302 e. The van der Waals surface area contributed by atoms with Crippen LogP contribution in [-0.4, -0.2) is 54.9 Å². The number of likely N-dealkylation sites (tertiary alicyclic amines) is 2. The summed E-state index contributed by atoms with van der Waals surface area (Å²) in [5.41, 5.74) is 0. The molecular formula is C11H21ClN2. The van der Waals surface area contributed by atoms with Gasteiger partial charge in [-0.1, -0.05) is 0 Å². The number of halogens is 1. The average Bonchev–Trinajstić information content (AvgIpc) is 2.77. The molecule has 0 bridgehead atoms. The zero-order chi connectivity index (χ0) is 9.97. The Morgan fingerprint density at radius 3 is 2.71 bits per heavy atom. The third-order valence-electron chi connectivity index (χ3n) is 3.73. The van der Waals surface area contributed by atoms with E-state index in [0.29, 0.717) is 0 Å². The lowest BCUT2D eigenvalue weighted by Crippen LogP contribution is -2.37. The van der Waals surface area contributed by atoms with E-state index in [4.69, 9.17) is 11.6 Å². The molecule has 2 saturated heterocycles. The average molecular weight is 217 g/mol. The molecule has 3 heteroatoms. The van der Waals surface area contributed by atoms with Crippen molar-refractivity contribution >= 4 is 11.6 Å². The van der Waals surface area contributed by atoms with Crippen molar-refractivity contribution in [2.24, 2.45) is 5.92 Å². The van der Waals surface area contributed by atoms with Gasteiger partial charge in [0.1, 0.15) is 0 Å². The molecule has 2 rings (SSSR count). The summed E-state index contributed by atoms with van der Waals surface area (Å²) in [6.07, 6.45) is 4.08. The van der Waals surface area contributed by atoms with E-state index in [9.17, 15) is 0 Å². The Morgan fingerprint density at radius 2 is 2.14 bits per heavy atom. The predicted octanol–water partition coefficient (Wildman–Crippen LogP) is 1.64. The maximum Gasteiger partial charge on any atom is 0.0264 e. The number of hydrogen-bond donors (Lipinski definition) is 0. The van der Waals surface area contributed by atoms with Crippen molar-refractivity contribution in [2.45, 2.75) is 25.3 Å². The van der Waals surface area contributed by atoms with Gasteiger partial charge in [-0.3, -0.25) is 0 Å². The van der Waals surface area contributed by atoms with Gasteiger partial charge in [-0.05, 0) is 45.3 Å². The van der Waals surface area contributed by atoms with Crippen molar-refractivity contribution in [2.75, 3.05) is 39.1 Å². The molecule has 0 amide bonds. The minimum Gasteiger partial charge on any atom is -0.302 e. The molecule has 0 spiro atoms. The highest BCUT2D eigenvalue weighted by atomic mass is 35.5. The van der Waals surface area contributed by atoms with Crippen LogP contribution in [0.1, 0.15) is 19.3 Å². The first-order chi connectivity index (χ1) is 6.79. The zero-order valence-corrected chi connectivity index (χ0v) is 9.84. The maximum absolute atomic E-state index is 5.88. The van der Waals surface area contributed by atoms with Gasteiger partial charge in [-0.2, -0.15) is 0 Å². The minimum absolute atomic E-state index is 0.753. The second-order valence-electron chi connectivity index (χ2n) is 4.85. The van der Waals surface area contributed by atoms with Gasteiger partial charge < -0.3 is 9.80 Å². The molecule has 0 N–H and O–H groups in total. The lowest BCUT2D eigenvalue weighted by Gasteiger charge is -2.25. The number of alkyl halides is 1. The highest BCUT2D eigenvalue weighted by molar-refractivity contribution is 6.18. The van der Waals surface area contributed by atoms with E-state index < -0.39 is 0 Å². The second kappa shape index (κ2) is 4.82. The molecule has 0 aromatic rings. The van der Waals surface area contributed by atoms with Crippen LogP contribution < -0.4 is 0 Å². The highest BCUT2D eigenvalue weighted by Crippen LogP contribution is 2.21. The maximum atomic E-state index is 5.88. The van der Waals surface area contributed by atoms with Crippen molar-refractivity contribution < 1.29 is 0 Å². The summed E-state index contributed by atoms with van der Waals surface area (Å²) in [5, 5.41) is 0. The van der Waals surface area contributed by atoms with Gasteiger partial charge in [-0.25, -0.2) is 0 Å². The molecule has 2 heterocycles. The number of hydrogen-bond acceptors (Lipinski definition) is 2. The summed E-state index contributed by atoms with van der Waals surface area (Å²) in [6, 6.07) is 0.809. The lowest BCUT2D eigenvalue weighted by atomic mass is 10.2. The molecule has 0 saturated carbocycles. The van der Waals surface area contributed by atoms with Crippen molar-refractivity contribution in [3.63, 3.8) is 0 Å². The van der Waals surface area contributed by atoms with E-state index in [1.54, 1.807) is 0 Å². The first-order valence-electron chi connectivity index (χ1n) is 5.78. The third-order valence-corrected chi connectivity index (χ3v) is 4.17. The molecule has 2 atom stereocenters. The van der Waals surface area contributed by atoms with Gasteiger partial charge in [0.2, 0.25) is 0 Å². The van der Waals surface area contributed by atoms with Crippen molar-refractivity contribution in [1.82, 2.24) is 9.80 Å². The summed E-state index contributed by atoms with van der Waals surface area (Å²) < 4.78 is 0. The fraction of sp³-hybridized carbons (Fsp3) is 1.00. The van der Waals surface area contributed by atoms with Crippen LogP contribution in [0.15, 0.2) is 0 Å². The highest BCUT2D eigenvalue weighted by Gasteiger charge is 2.27. The first kappa shape index (κ1) is 10.7. The molecule has 0 aromatic heterocycles. The van der Waals surface area contributed by atoms with E-state index in [1.165, 1.54) is 45.4 Å². The third kappa shape index (κ3) is 2.41. The monoisotopic (exact) mass is 216 g/mol. The second-order valence-corrected chi connectivity index (χ2v) is 5.15. The Hall–Kier alpha value is 0.210. The van der Waals surface area contributed by atoms with Crippen LogP contribution in [0.25, 0.3) is 0 Å². The topological polar surface area (TPSA) is 6.48 Å². The van der Waals surface area contributed by atoms with Gasteiger partial charge in [0, 0.05) is 25.0 Å². The fourth-order valence-electron chi connectivity index (χ4n) is 2.71. The molecule has 2 nitrogen and oxygen atoms in total. The first-order valence-corrected chi connectivity index (χ1v) is 6.31. The summed E-state index contributed by atoms with van der Waals surface area (Å²) in [5.74, 6) is 1.60. The number of rotatable bonds is 3. The molecule has 0 aliphatic carbocycles. The van der Waals surface area contributed by atoms with Gasteiger partial charge in [0.15, 0.2) is 0 Å². The Balaban J connectivity index is 1.75. The van der Waals surface area contributed by atoms with Gasteiger partial charge >= 0.3 is 0 Å². The number of nitrogens with zero attached hydrogens (tertiary/aromatic N) is 2. The van der Waals surface area contributed by atoms with E-state index in [0.717, 1.165) is 17.8 Å². The summed E-state index contributed by atoms with van der Waals surface area (Å²) >= 11 is 5.88. The molecule has 2 fully saturated rings. The molecule has 0 radical (unpaired) electrons. The molecule has 0 aromatic carbocycles. The molecule has 2 aliphatic rings. The predicted molar refractivity (Wildman–Crippen MR) is 60.9 cm³/mol. The van der Waals surface area contributed by atoms with Crippen LogP contribution in [0.4, 0.5) is 0 Å². The van der Waals surface area contributed by atoms with Crippen LogP contribution in [0.3, 0.4) is 0 Å². The van der Waals surface area contributed by atoms with E-state index in [2.05, 4.69) is 16.8 Å². The van der Waals surface area contributed by atoms with Crippen molar-refractivity contribution in [1.29, 1.82) is 0 Å². The Bertz CT molecular complexity index is 186. The quantitative estimate of drug-likeness (QED) is 0.662. The lowest BCUT2D eigenvalue weighted by molar-refractivity contribution is 0.217. The van der Waals surface area contributed by atoms with Crippen LogP contribution in [0.2, 0.25) is 0 Å². The van der Waals surface area contributed by atoms with E-state index in [1.807, 2.05) is 0 Å². The van der Waals surface area contributed by atoms with Gasteiger partial charge in [0.05, 0.1) is 0 Å².